The van der Waals surface area contributed by atoms with Crippen LogP contribution in [0.25, 0.3) is 15.7 Å². The van der Waals surface area contributed by atoms with Crippen molar-refractivity contribution in [3.05, 3.63) is 70.1 Å². The zero-order chi connectivity index (χ0) is 24.3. The monoisotopic (exact) mass is 473 g/mol. The number of thiazole rings is 1. The summed E-state index contributed by atoms with van der Waals surface area (Å²) in [7, 11) is 0. The van der Waals surface area contributed by atoms with Crippen molar-refractivity contribution in [2.24, 2.45) is 0 Å². The highest BCUT2D eigenvalue weighted by Gasteiger charge is 2.23. The van der Waals surface area contributed by atoms with Crippen LogP contribution in [0.2, 0.25) is 0 Å². The molecule has 0 spiro atoms. The number of pyridine rings is 1. The lowest BCUT2D eigenvalue weighted by atomic mass is 10.1. The van der Waals surface area contributed by atoms with Gasteiger partial charge in [-0.2, -0.15) is 0 Å². The van der Waals surface area contributed by atoms with Gasteiger partial charge in [-0.15, -0.1) is 17.9 Å². The highest BCUT2D eigenvalue weighted by molar-refractivity contribution is 7.16. The lowest BCUT2D eigenvalue weighted by Gasteiger charge is -2.35. The number of halogens is 1. The SMILES string of the molecule is C=C(C)C(=O)O.C=CCN1CCN(c2cc3c(cc2F)c(=O)c(C(=O)O)c2sccn23)CC1. The maximum atomic E-state index is 14.8. The minimum Gasteiger partial charge on any atom is -0.478 e. The molecule has 8 nitrogen and oxygen atoms in total. The Labute approximate surface area is 193 Å². The van der Waals surface area contributed by atoms with Gasteiger partial charge in [-0.1, -0.05) is 12.7 Å². The Kier molecular flexibility index (Phi) is 7.29. The third-order valence-corrected chi connectivity index (χ3v) is 6.18. The number of benzene rings is 1. The summed E-state index contributed by atoms with van der Waals surface area (Å²) in [5.74, 6) is -2.75. The van der Waals surface area contributed by atoms with Crippen LogP contribution in [0.3, 0.4) is 0 Å². The highest BCUT2D eigenvalue weighted by atomic mass is 32.1. The Morgan fingerprint density at radius 2 is 1.85 bits per heavy atom. The lowest BCUT2D eigenvalue weighted by Crippen LogP contribution is -2.46. The molecule has 33 heavy (non-hydrogen) atoms. The molecule has 0 saturated carbocycles. The molecule has 1 saturated heterocycles. The number of fused-ring (bicyclic) bond motifs is 3. The molecule has 2 N–H and O–H groups in total. The summed E-state index contributed by atoms with van der Waals surface area (Å²) >= 11 is 1.18. The summed E-state index contributed by atoms with van der Waals surface area (Å²) < 4.78 is 16.5. The number of aromatic carboxylic acids is 1. The second-order valence-corrected chi connectivity index (χ2v) is 8.46. The quantitative estimate of drug-likeness (QED) is 0.433. The Bertz CT molecular complexity index is 1290. The molecule has 0 bridgehead atoms. The van der Waals surface area contributed by atoms with Crippen LogP contribution in [0, 0.1) is 5.82 Å². The van der Waals surface area contributed by atoms with Crippen molar-refractivity contribution in [3.63, 3.8) is 0 Å². The Balaban J connectivity index is 0.000000454. The van der Waals surface area contributed by atoms with Gasteiger partial charge in [0.25, 0.3) is 0 Å². The van der Waals surface area contributed by atoms with E-state index in [1.54, 1.807) is 22.0 Å². The average Bonchev–Trinajstić information content (AvgIpc) is 3.24. The van der Waals surface area contributed by atoms with Crippen molar-refractivity contribution < 1.29 is 24.2 Å². The van der Waals surface area contributed by atoms with Crippen LogP contribution >= 0.6 is 11.3 Å². The van der Waals surface area contributed by atoms with E-state index < -0.39 is 23.2 Å². The van der Waals surface area contributed by atoms with Gasteiger partial charge < -0.3 is 19.5 Å². The number of piperazine rings is 1. The summed E-state index contributed by atoms with van der Waals surface area (Å²) in [5.41, 5.74) is 0.160. The van der Waals surface area contributed by atoms with Crippen LogP contribution in [0.15, 0.2) is 53.3 Å². The molecular weight excluding hydrogens is 449 g/mol. The van der Waals surface area contributed by atoms with Crippen molar-refractivity contribution >= 4 is 44.7 Å². The van der Waals surface area contributed by atoms with Crippen LogP contribution in [0.1, 0.15) is 17.3 Å². The van der Waals surface area contributed by atoms with Crippen molar-refractivity contribution in [1.82, 2.24) is 9.30 Å². The molecule has 1 fully saturated rings. The fourth-order valence-electron chi connectivity index (χ4n) is 3.60. The van der Waals surface area contributed by atoms with Gasteiger partial charge >= 0.3 is 11.9 Å². The van der Waals surface area contributed by atoms with Crippen LogP contribution < -0.4 is 10.3 Å². The van der Waals surface area contributed by atoms with E-state index in [9.17, 15) is 23.9 Å². The van der Waals surface area contributed by atoms with Gasteiger partial charge in [0, 0.05) is 49.9 Å². The predicted octanol–water partition coefficient (Wildman–Crippen LogP) is 3.31. The van der Waals surface area contributed by atoms with Gasteiger partial charge in [-0.25, -0.2) is 14.0 Å². The van der Waals surface area contributed by atoms with Gasteiger partial charge in [0.2, 0.25) is 5.43 Å². The second-order valence-electron chi connectivity index (χ2n) is 7.57. The van der Waals surface area contributed by atoms with E-state index in [2.05, 4.69) is 18.1 Å². The molecule has 0 radical (unpaired) electrons. The van der Waals surface area contributed by atoms with Crippen LogP contribution in [0.4, 0.5) is 10.1 Å². The zero-order valence-electron chi connectivity index (χ0n) is 18.1. The number of carboxylic acids is 2. The molecule has 4 rings (SSSR count). The van der Waals surface area contributed by atoms with E-state index in [0.29, 0.717) is 29.1 Å². The number of hydrogen-bond donors (Lipinski definition) is 2. The summed E-state index contributed by atoms with van der Waals surface area (Å²) in [5, 5.41) is 19.1. The first kappa shape index (κ1) is 24.1. The van der Waals surface area contributed by atoms with Gasteiger partial charge in [0.05, 0.1) is 16.6 Å². The third-order valence-electron chi connectivity index (χ3n) is 5.30. The van der Waals surface area contributed by atoms with E-state index in [-0.39, 0.29) is 16.5 Å². The van der Waals surface area contributed by atoms with Gasteiger partial charge in [-0.3, -0.25) is 9.69 Å². The summed E-state index contributed by atoms with van der Waals surface area (Å²) in [6.45, 7) is 12.1. The van der Waals surface area contributed by atoms with Gasteiger partial charge in [-0.05, 0) is 19.1 Å². The minimum absolute atomic E-state index is 0.0786. The summed E-state index contributed by atoms with van der Waals surface area (Å²) in [4.78, 5) is 38.3. The number of aromatic nitrogens is 1. The molecule has 1 aromatic carbocycles. The number of hydrogen-bond acceptors (Lipinski definition) is 6. The van der Waals surface area contributed by atoms with E-state index in [4.69, 9.17) is 5.11 Å². The molecule has 10 heteroatoms. The Morgan fingerprint density at radius 1 is 1.21 bits per heavy atom. The fourth-order valence-corrected chi connectivity index (χ4v) is 4.48. The van der Waals surface area contributed by atoms with Crippen molar-refractivity contribution in [2.45, 2.75) is 6.92 Å². The number of carboxylic acid groups (broad SMARTS) is 2. The first-order valence-corrected chi connectivity index (χ1v) is 11.0. The zero-order valence-corrected chi connectivity index (χ0v) is 18.9. The maximum absolute atomic E-state index is 14.8. The second kappa shape index (κ2) is 9.97. The Morgan fingerprint density at radius 3 is 2.39 bits per heavy atom. The molecule has 3 aromatic rings. The number of aliphatic carboxylic acids is 1. The topological polar surface area (TPSA) is 103 Å². The normalized spacial score (nSPS) is 14.1. The van der Waals surface area contributed by atoms with E-state index in [1.807, 2.05) is 11.0 Å². The van der Waals surface area contributed by atoms with Crippen molar-refractivity contribution in [1.29, 1.82) is 0 Å². The lowest BCUT2D eigenvalue weighted by molar-refractivity contribution is -0.132. The maximum Gasteiger partial charge on any atom is 0.342 e. The van der Waals surface area contributed by atoms with E-state index in [0.717, 1.165) is 19.6 Å². The number of rotatable bonds is 5. The molecule has 1 aliphatic heterocycles. The molecule has 0 unspecified atom stereocenters. The van der Waals surface area contributed by atoms with Crippen molar-refractivity contribution in [3.8, 4) is 0 Å². The van der Waals surface area contributed by atoms with Crippen LogP contribution in [-0.4, -0.2) is 64.2 Å². The third kappa shape index (κ3) is 4.96. The van der Waals surface area contributed by atoms with Gasteiger partial charge in [0.15, 0.2) is 0 Å². The highest BCUT2D eigenvalue weighted by Crippen LogP contribution is 2.28. The van der Waals surface area contributed by atoms with Crippen LogP contribution in [0.5, 0.6) is 0 Å². The number of nitrogens with zero attached hydrogens (tertiary/aromatic N) is 3. The number of carbonyl (C=O) groups is 2. The largest absolute Gasteiger partial charge is 0.478 e. The minimum atomic E-state index is -1.30. The molecular formula is C23H24FN3O5S. The number of anilines is 1. The molecule has 1 aliphatic rings. The van der Waals surface area contributed by atoms with Crippen molar-refractivity contribution in [2.75, 3.05) is 37.6 Å². The molecule has 0 atom stereocenters. The smallest absolute Gasteiger partial charge is 0.342 e. The molecule has 2 aromatic heterocycles. The molecule has 174 valence electrons. The fraction of sp³-hybridized carbons (Fsp3) is 0.261. The molecule has 0 aliphatic carbocycles. The first-order chi connectivity index (χ1) is 15.6. The van der Waals surface area contributed by atoms with Gasteiger partial charge in [0.1, 0.15) is 16.2 Å². The first-order valence-electron chi connectivity index (χ1n) is 10.1. The average molecular weight is 474 g/mol. The summed E-state index contributed by atoms with van der Waals surface area (Å²) in [6.07, 6.45) is 3.56. The standard InChI is InChI=1S/C19H18FN3O3S.C4H6O2/c1-2-3-21-4-6-22(7-5-21)15-11-14-12(10-13(15)20)17(24)16(19(25)26)18-23(14)8-9-27-18;1-3(2)4(5)6/h2,8-11H,1,3-7H2,(H,25,26);1H2,2H3,(H,5,6). The Hall–Kier alpha value is -3.50. The molecule has 3 heterocycles. The van der Waals surface area contributed by atoms with E-state index in [1.165, 1.54) is 24.3 Å². The van der Waals surface area contributed by atoms with E-state index >= 15 is 0 Å². The molecule has 0 amide bonds. The van der Waals surface area contributed by atoms with Crippen LogP contribution in [-0.2, 0) is 4.79 Å². The summed E-state index contributed by atoms with van der Waals surface area (Å²) in [6, 6.07) is 2.82. The predicted molar refractivity (Wildman–Crippen MR) is 127 cm³/mol.